The first kappa shape index (κ1) is 7.98. The maximum absolute atomic E-state index is 11.7. The molecular weight excluding hydrogens is 155 g/mol. The predicted molar refractivity (Wildman–Crippen MR) is 37.4 cm³/mol. The van der Waals surface area contributed by atoms with Gasteiger partial charge in [-0.05, 0) is 19.3 Å². The van der Waals surface area contributed by atoms with Crippen LogP contribution in [0.3, 0.4) is 0 Å². The molecule has 0 spiro atoms. The SMILES string of the molecule is O=S1(=O)CCCC1CCF. The Kier molecular flexibility index (Phi) is 2.28. The van der Waals surface area contributed by atoms with Crippen molar-refractivity contribution in [1.29, 1.82) is 0 Å². The zero-order chi connectivity index (χ0) is 7.61. The van der Waals surface area contributed by atoms with Gasteiger partial charge in [-0.3, -0.25) is 4.39 Å². The van der Waals surface area contributed by atoms with Gasteiger partial charge in [0.05, 0.1) is 17.7 Å². The first-order chi connectivity index (χ1) is 4.67. The highest BCUT2D eigenvalue weighted by Gasteiger charge is 2.30. The molecule has 1 aliphatic heterocycles. The third-order valence-corrected chi connectivity index (χ3v) is 4.24. The third-order valence-electron chi connectivity index (χ3n) is 1.89. The highest BCUT2D eigenvalue weighted by Crippen LogP contribution is 2.22. The summed E-state index contributed by atoms with van der Waals surface area (Å²) in [6.45, 7) is -0.510. The largest absolute Gasteiger partial charge is 0.251 e. The number of halogens is 1. The Bertz CT molecular complexity index is 198. The molecule has 10 heavy (non-hydrogen) atoms. The molecule has 4 heteroatoms. The molecule has 1 saturated heterocycles. The molecule has 0 aromatic carbocycles. The number of hydrogen-bond acceptors (Lipinski definition) is 2. The average molecular weight is 166 g/mol. The van der Waals surface area contributed by atoms with Crippen LogP contribution in [-0.4, -0.2) is 26.1 Å². The van der Waals surface area contributed by atoms with E-state index in [0.29, 0.717) is 12.8 Å². The van der Waals surface area contributed by atoms with E-state index in [0.717, 1.165) is 0 Å². The van der Waals surface area contributed by atoms with E-state index < -0.39 is 16.5 Å². The summed E-state index contributed by atoms with van der Waals surface area (Å²) in [6, 6.07) is 0. The van der Waals surface area contributed by atoms with E-state index in [-0.39, 0.29) is 17.4 Å². The summed E-state index contributed by atoms with van der Waals surface area (Å²) in [5.41, 5.74) is 0. The Balaban J connectivity index is 2.60. The second-order valence-electron chi connectivity index (χ2n) is 2.61. The molecule has 1 heterocycles. The van der Waals surface area contributed by atoms with E-state index >= 15 is 0 Å². The Morgan fingerprint density at radius 3 is 2.60 bits per heavy atom. The van der Waals surface area contributed by atoms with Gasteiger partial charge in [0.15, 0.2) is 9.84 Å². The van der Waals surface area contributed by atoms with Crippen LogP contribution in [0.25, 0.3) is 0 Å². The average Bonchev–Trinajstić information content (AvgIpc) is 2.13. The van der Waals surface area contributed by atoms with Gasteiger partial charge in [-0.1, -0.05) is 0 Å². The monoisotopic (exact) mass is 166 g/mol. The Morgan fingerprint density at radius 1 is 1.50 bits per heavy atom. The van der Waals surface area contributed by atoms with E-state index in [2.05, 4.69) is 0 Å². The number of alkyl halides is 1. The fourth-order valence-electron chi connectivity index (χ4n) is 1.30. The van der Waals surface area contributed by atoms with E-state index in [9.17, 15) is 12.8 Å². The molecule has 2 nitrogen and oxygen atoms in total. The predicted octanol–water partition coefficient (Wildman–Crippen LogP) is 0.923. The fourth-order valence-corrected chi connectivity index (χ4v) is 3.18. The molecule has 1 unspecified atom stereocenters. The van der Waals surface area contributed by atoms with Gasteiger partial charge in [0, 0.05) is 0 Å². The Morgan fingerprint density at radius 2 is 2.20 bits per heavy atom. The summed E-state index contributed by atoms with van der Waals surface area (Å²) in [7, 11) is -2.89. The lowest BCUT2D eigenvalue weighted by atomic mass is 10.2. The van der Waals surface area contributed by atoms with Gasteiger partial charge >= 0.3 is 0 Å². The van der Waals surface area contributed by atoms with Crippen molar-refractivity contribution >= 4 is 9.84 Å². The molecule has 0 radical (unpaired) electrons. The van der Waals surface area contributed by atoms with Gasteiger partial charge in [-0.2, -0.15) is 0 Å². The Labute approximate surface area is 60.3 Å². The molecule has 1 aliphatic rings. The minimum absolute atomic E-state index is 0.197. The zero-order valence-corrected chi connectivity index (χ0v) is 6.53. The van der Waals surface area contributed by atoms with Gasteiger partial charge in [0.1, 0.15) is 0 Å². The van der Waals surface area contributed by atoms with Crippen molar-refractivity contribution in [3.63, 3.8) is 0 Å². The standard InChI is InChI=1S/C6H11FO2S/c7-4-3-6-2-1-5-10(6,8)9/h6H,1-5H2. The van der Waals surface area contributed by atoms with Crippen LogP contribution in [0.5, 0.6) is 0 Å². The van der Waals surface area contributed by atoms with Crippen LogP contribution < -0.4 is 0 Å². The summed E-state index contributed by atoms with van der Waals surface area (Å²) in [6.07, 6.45) is 1.57. The van der Waals surface area contributed by atoms with Crippen molar-refractivity contribution in [3.05, 3.63) is 0 Å². The van der Waals surface area contributed by atoms with E-state index in [4.69, 9.17) is 0 Å². The number of sulfone groups is 1. The second kappa shape index (κ2) is 2.86. The lowest BCUT2D eigenvalue weighted by Gasteiger charge is -2.03. The molecule has 1 fully saturated rings. The molecule has 0 aromatic rings. The van der Waals surface area contributed by atoms with Crippen molar-refractivity contribution in [1.82, 2.24) is 0 Å². The van der Waals surface area contributed by atoms with Gasteiger partial charge in [0.2, 0.25) is 0 Å². The number of rotatable bonds is 2. The summed E-state index contributed by atoms with van der Waals surface area (Å²) >= 11 is 0. The van der Waals surface area contributed by atoms with E-state index in [1.807, 2.05) is 0 Å². The van der Waals surface area contributed by atoms with Crippen molar-refractivity contribution < 1.29 is 12.8 Å². The molecule has 0 saturated carbocycles. The van der Waals surface area contributed by atoms with Crippen molar-refractivity contribution in [3.8, 4) is 0 Å². The van der Waals surface area contributed by atoms with Crippen LogP contribution in [0.15, 0.2) is 0 Å². The molecule has 0 aliphatic carbocycles. The van der Waals surface area contributed by atoms with Crippen LogP contribution >= 0.6 is 0 Å². The van der Waals surface area contributed by atoms with Crippen LogP contribution in [0, 0.1) is 0 Å². The van der Waals surface area contributed by atoms with Crippen LogP contribution in [0.2, 0.25) is 0 Å². The molecule has 0 aromatic heterocycles. The van der Waals surface area contributed by atoms with Crippen LogP contribution in [0.4, 0.5) is 4.39 Å². The quantitative estimate of drug-likeness (QED) is 0.611. The minimum Gasteiger partial charge on any atom is -0.251 e. The first-order valence-corrected chi connectivity index (χ1v) is 5.16. The van der Waals surface area contributed by atoms with Gasteiger partial charge in [-0.15, -0.1) is 0 Å². The smallest absolute Gasteiger partial charge is 0.153 e. The molecular formula is C6H11FO2S. The first-order valence-electron chi connectivity index (χ1n) is 3.44. The van der Waals surface area contributed by atoms with Gasteiger partial charge in [0.25, 0.3) is 0 Å². The molecule has 1 rings (SSSR count). The zero-order valence-electron chi connectivity index (χ0n) is 5.72. The highest BCUT2D eigenvalue weighted by atomic mass is 32.2. The second-order valence-corrected chi connectivity index (χ2v) is 5.01. The van der Waals surface area contributed by atoms with Gasteiger partial charge < -0.3 is 0 Å². The molecule has 0 N–H and O–H groups in total. The Hall–Kier alpha value is -0.120. The third kappa shape index (κ3) is 1.48. The lowest BCUT2D eigenvalue weighted by molar-refractivity contribution is 0.457. The molecule has 1 atom stereocenters. The maximum atomic E-state index is 11.7. The highest BCUT2D eigenvalue weighted by molar-refractivity contribution is 7.92. The summed E-state index contributed by atoms with van der Waals surface area (Å²) in [5, 5.41) is -0.377. The fraction of sp³-hybridized carbons (Fsp3) is 1.00. The van der Waals surface area contributed by atoms with Crippen LogP contribution in [-0.2, 0) is 9.84 Å². The topological polar surface area (TPSA) is 34.1 Å². The molecule has 60 valence electrons. The minimum atomic E-state index is -2.89. The van der Waals surface area contributed by atoms with Crippen LogP contribution in [0.1, 0.15) is 19.3 Å². The van der Waals surface area contributed by atoms with Crippen molar-refractivity contribution in [2.75, 3.05) is 12.4 Å². The molecule has 0 bridgehead atoms. The summed E-state index contributed by atoms with van der Waals surface area (Å²) < 4.78 is 33.7. The lowest BCUT2D eigenvalue weighted by Crippen LogP contribution is -2.16. The molecule has 0 amide bonds. The number of hydrogen-bond donors (Lipinski definition) is 0. The maximum Gasteiger partial charge on any atom is 0.153 e. The van der Waals surface area contributed by atoms with Gasteiger partial charge in [-0.25, -0.2) is 8.42 Å². The summed E-state index contributed by atoms with van der Waals surface area (Å²) in [5.74, 6) is 0.262. The van der Waals surface area contributed by atoms with Crippen molar-refractivity contribution in [2.45, 2.75) is 24.5 Å². The van der Waals surface area contributed by atoms with E-state index in [1.165, 1.54) is 0 Å². The summed E-state index contributed by atoms with van der Waals surface area (Å²) in [4.78, 5) is 0. The van der Waals surface area contributed by atoms with Crippen molar-refractivity contribution in [2.24, 2.45) is 0 Å². The normalized spacial score (nSPS) is 30.7. The van der Waals surface area contributed by atoms with E-state index in [1.54, 1.807) is 0 Å².